The molecule has 0 aliphatic rings. The van der Waals surface area contributed by atoms with Crippen molar-refractivity contribution in [2.45, 2.75) is 13.8 Å². The quantitative estimate of drug-likeness (QED) is 0.860. The van der Waals surface area contributed by atoms with Crippen LogP contribution in [0.1, 0.15) is 22.8 Å². The highest BCUT2D eigenvalue weighted by molar-refractivity contribution is 6.33. The number of hydrogen-bond donors (Lipinski definition) is 2. The summed E-state index contributed by atoms with van der Waals surface area (Å²) in [4.78, 5) is 22.9. The number of hydrogen-bond acceptors (Lipinski definition) is 2. The fourth-order valence-electron chi connectivity index (χ4n) is 2.17. The van der Waals surface area contributed by atoms with Gasteiger partial charge >= 0.3 is 5.97 Å². The number of carboxylic acid groups (broad SMARTS) is 1. The van der Waals surface area contributed by atoms with Crippen LogP contribution in [0.4, 0.5) is 4.39 Å². The molecule has 0 heterocycles. The van der Waals surface area contributed by atoms with E-state index in [1.807, 2.05) is 13.0 Å². The van der Waals surface area contributed by atoms with E-state index in [1.54, 1.807) is 12.1 Å². The van der Waals surface area contributed by atoms with Crippen LogP contribution in [0.5, 0.6) is 0 Å². The van der Waals surface area contributed by atoms with E-state index in [4.69, 9.17) is 16.7 Å². The Kier molecular flexibility index (Phi) is 5.57. The predicted molar refractivity (Wildman–Crippen MR) is 90.7 cm³/mol. The molecule has 0 fully saturated rings. The number of carboxylic acids is 1. The molecular weight excluding hydrogens is 333 g/mol. The highest BCUT2D eigenvalue weighted by Gasteiger charge is 2.15. The zero-order valence-electron chi connectivity index (χ0n) is 13.3. The van der Waals surface area contributed by atoms with Crippen molar-refractivity contribution in [1.82, 2.24) is 5.32 Å². The number of aliphatic carboxylic acids is 1. The lowest BCUT2D eigenvalue weighted by Gasteiger charge is -2.11. The fraction of sp³-hybridized carbons (Fsp3) is 0.222. The van der Waals surface area contributed by atoms with Crippen LogP contribution in [0.25, 0.3) is 11.1 Å². The molecule has 0 spiro atoms. The SMILES string of the molecule is Cc1ccc(-c2cc(F)cc(C(=O)NC[C@@H](C)C(=O)O)c2)c(Cl)c1. The zero-order valence-corrected chi connectivity index (χ0v) is 14.0. The molecule has 0 saturated heterocycles. The summed E-state index contributed by atoms with van der Waals surface area (Å²) in [5, 5.41) is 11.8. The number of halogens is 2. The molecule has 0 radical (unpaired) electrons. The Hall–Kier alpha value is -2.40. The topological polar surface area (TPSA) is 66.4 Å². The molecule has 2 aromatic rings. The molecule has 2 aromatic carbocycles. The van der Waals surface area contributed by atoms with Gasteiger partial charge in [0.25, 0.3) is 5.91 Å². The highest BCUT2D eigenvalue weighted by atomic mass is 35.5. The van der Waals surface area contributed by atoms with Gasteiger partial charge < -0.3 is 10.4 Å². The Balaban J connectivity index is 2.28. The first kappa shape index (κ1) is 17.9. The van der Waals surface area contributed by atoms with Crippen molar-refractivity contribution in [2.75, 3.05) is 6.54 Å². The predicted octanol–water partition coefficient (Wildman–Crippen LogP) is 3.91. The summed E-state index contributed by atoms with van der Waals surface area (Å²) < 4.78 is 13.9. The van der Waals surface area contributed by atoms with Crippen LogP contribution in [0.2, 0.25) is 5.02 Å². The molecule has 4 nitrogen and oxygen atoms in total. The van der Waals surface area contributed by atoms with E-state index < -0.39 is 23.6 Å². The molecule has 2 N–H and O–H groups in total. The second kappa shape index (κ2) is 7.45. The van der Waals surface area contributed by atoms with Gasteiger partial charge in [0, 0.05) is 22.7 Å². The Morgan fingerprint density at radius 1 is 1.25 bits per heavy atom. The van der Waals surface area contributed by atoms with E-state index in [-0.39, 0.29) is 12.1 Å². The average Bonchev–Trinajstić information content (AvgIpc) is 2.51. The molecule has 2 rings (SSSR count). The molecule has 126 valence electrons. The largest absolute Gasteiger partial charge is 0.481 e. The van der Waals surface area contributed by atoms with Gasteiger partial charge in [-0.2, -0.15) is 0 Å². The summed E-state index contributed by atoms with van der Waals surface area (Å²) in [5.41, 5.74) is 2.19. The lowest BCUT2D eigenvalue weighted by molar-refractivity contribution is -0.140. The van der Waals surface area contributed by atoms with Gasteiger partial charge in [0.2, 0.25) is 0 Å². The Morgan fingerprint density at radius 3 is 2.58 bits per heavy atom. The van der Waals surface area contributed by atoms with Gasteiger partial charge in [-0.25, -0.2) is 4.39 Å². The molecule has 0 saturated carbocycles. The Labute approximate surface area is 144 Å². The van der Waals surface area contributed by atoms with E-state index in [0.717, 1.165) is 11.6 Å². The second-order valence-corrected chi connectivity index (χ2v) is 6.07. The summed E-state index contributed by atoms with van der Waals surface area (Å²) >= 11 is 6.20. The Bertz CT molecular complexity index is 792. The van der Waals surface area contributed by atoms with Crippen LogP contribution in [-0.2, 0) is 4.79 Å². The van der Waals surface area contributed by atoms with Gasteiger partial charge in [0.05, 0.1) is 5.92 Å². The minimum absolute atomic E-state index is 0.0364. The normalized spacial score (nSPS) is 11.8. The van der Waals surface area contributed by atoms with Crippen molar-refractivity contribution in [2.24, 2.45) is 5.92 Å². The van der Waals surface area contributed by atoms with Gasteiger partial charge in [0.1, 0.15) is 5.82 Å². The number of nitrogens with one attached hydrogen (secondary N) is 1. The first-order valence-electron chi connectivity index (χ1n) is 7.36. The van der Waals surface area contributed by atoms with Gasteiger partial charge in [-0.3, -0.25) is 9.59 Å². The average molecular weight is 350 g/mol. The number of aryl methyl sites for hydroxylation is 1. The molecule has 0 unspecified atom stereocenters. The van der Waals surface area contributed by atoms with Crippen LogP contribution < -0.4 is 5.32 Å². The van der Waals surface area contributed by atoms with Gasteiger partial charge in [-0.15, -0.1) is 0 Å². The maximum atomic E-state index is 13.9. The number of benzene rings is 2. The standard InChI is InChI=1S/C18H17ClFNO3/c1-10-3-4-15(16(19)5-10)12-6-13(8-14(20)7-12)17(22)21-9-11(2)18(23)24/h3-8,11H,9H2,1-2H3,(H,21,22)(H,23,24)/t11-/m1/s1. The van der Waals surface area contributed by atoms with Gasteiger partial charge in [-0.1, -0.05) is 30.7 Å². The third-order valence-corrected chi connectivity index (χ3v) is 3.90. The highest BCUT2D eigenvalue weighted by Crippen LogP contribution is 2.30. The van der Waals surface area contributed by atoms with Crippen molar-refractivity contribution >= 4 is 23.5 Å². The summed E-state index contributed by atoms with van der Waals surface area (Å²) in [6.45, 7) is 3.33. The third kappa shape index (κ3) is 4.32. The maximum absolute atomic E-state index is 13.9. The van der Waals surface area contributed by atoms with Crippen LogP contribution in [0.15, 0.2) is 36.4 Å². The minimum Gasteiger partial charge on any atom is -0.481 e. The summed E-state index contributed by atoms with van der Waals surface area (Å²) in [7, 11) is 0. The maximum Gasteiger partial charge on any atom is 0.308 e. The molecule has 0 aromatic heterocycles. The number of carbonyl (C=O) groups excluding carboxylic acids is 1. The van der Waals surface area contributed by atoms with Crippen molar-refractivity contribution in [1.29, 1.82) is 0 Å². The number of amides is 1. The lowest BCUT2D eigenvalue weighted by Crippen LogP contribution is -2.31. The van der Waals surface area contributed by atoms with Gasteiger partial charge in [0.15, 0.2) is 0 Å². The third-order valence-electron chi connectivity index (χ3n) is 3.59. The van der Waals surface area contributed by atoms with Crippen molar-refractivity contribution in [3.8, 4) is 11.1 Å². The first-order valence-corrected chi connectivity index (χ1v) is 7.74. The van der Waals surface area contributed by atoms with E-state index in [9.17, 15) is 14.0 Å². The zero-order chi connectivity index (χ0) is 17.9. The molecule has 1 atom stereocenters. The smallest absolute Gasteiger partial charge is 0.308 e. The van der Waals surface area contributed by atoms with Crippen molar-refractivity contribution < 1.29 is 19.1 Å². The fourth-order valence-corrected chi connectivity index (χ4v) is 2.51. The molecular formula is C18H17ClFNO3. The number of carbonyl (C=O) groups is 2. The van der Waals surface area contributed by atoms with Crippen molar-refractivity contribution in [3.63, 3.8) is 0 Å². The van der Waals surface area contributed by atoms with Crippen LogP contribution >= 0.6 is 11.6 Å². The first-order chi connectivity index (χ1) is 11.3. The summed E-state index contributed by atoms with van der Waals surface area (Å²) in [6.07, 6.45) is 0. The summed E-state index contributed by atoms with van der Waals surface area (Å²) in [6, 6.07) is 9.30. The van der Waals surface area contributed by atoms with E-state index in [0.29, 0.717) is 16.1 Å². The monoisotopic (exact) mass is 349 g/mol. The molecule has 0 bridgehead atoms. The van der Waals surface area contributed by atoms with Crippen LogP contribution in [0.3, 0.4) is 0 Å². The molecule has 1 amide bonds. The van der Waals surface area contributed by atoms with Gasteiger partial charge in [-0.05, 0) is 42.3 Å². The molecule has 6 heteroatoms. The van der Waals surface area contributed by atoms with Crippen LogP contribution in [0, 0.1) is 18.7 Å². The van der Waals surface area contributed by atoms with Crippen molar-refractivity contribution in [3.05, 3.63) is 58.4 Å². The molecule has 24 heavy (non-hydrogen) atoms. The molecule has 0 aliphatic carbocycles. The lowest BCUT2D eigenvalue weighted by atomic mass is 10.0. The van der Waals surface area contributed by atoms with E-state index >= 15 is 0 Å². The minimum atomic E-state index is -1.01. The second-order valence-electron chi connectivity index (χ2n) is 5.66. The Morgan fingerprint density at radius 2 is 1.96 bits per heavy atom. The van der Waals surface area contributed by atoms with E-state index in [1.165, 1.54) is 19.1 Å². The van der Waals surface area contributed by atoms with Crippen LogP contribution in [-0.4, -0.2) is 23.5 Å². The molecule has 0 aliphatic heterocycles. The number of rotatable bonds is 5. The summed E-state index contributed by atoms with van der Waals surface area (Å²) in [5.74, 6) is -2.84. The van der Waals surface area contributed by atoms with E-state index in [2.05, 4.69) is 5.32 Å².